The van der Waals surface area contributed by atoms with Gasteiger partial charge < -0.3 is 19.8 Å². The van der Waals surface area contributed by atoms with Gasteiger partial charge in [0.05, 0.1) is 29.2 Å². The van der Waals surface area contributed by atoms with Crippen LogP contribution in [-0.2, 0) is 14.4 Å². The first-order valence-corrected chi connectivity index (χ1v) is 14.0. The van der Waals surface area contributed by atoms with Gasteiger partial charge in [0.2, 0.25) is 11.8 Å². The summed E-state index contributed by atoms with van der Waals surface area (Å²) in [4.78, 5) is 47.3. The number of halogens is 1. The predicted molar refractivity (Wildman–Crippen MR) is 149 cm³/mol. The molecule has 6 atom stereocenters. The van der Waals surface area contributed by atoms with E-state index in [1.165, 1.54) is 0 Å². The average molecular weight is 546 g/mol. The highest BCUT2D eigenvalue weighted by Gasteiger charge is 2.78. The first-order chi connectivity index (χ1) is 17.6. The number of nitrogens with zero attached hydrogens (tertiary/aromatic N) is 3. The zero-order valence-electron chi connectivity index (χ0n) is 21.7. The lowest BCUT2D eigenvalue weighted by Gasteiger charge is -2.39. The summed E-state index contributed by atoms with van der Waals surface area (Å²) < 4.78 is -1.21. The third kappa shape index (κ3) is 4.31. The minimum atomic E-state index is -0.813. The Morgan fingerprint density at radius 2 is 1.86 bits per heavy atom. The van der Waals surface area contributed by atoms with Crippen LogP contribution in [0.5, 0.6) is 0 Å². The molecule has 1 aromatic rings. The first-order valence-electron chi connectivity index (χ1n) is 12.8. The molecule has 200 valence electrons. The average Bonchev–Trinajstić information content (AvgIpc) is 3.44. The molecule has 0 aliphatic carbocycles. The van der Waals surface area contributed by atoms with Gasteiger partial charge >= 0.3 is 0 Å². The predicted octanol–water partition coefficient (Wildman–Crippen LogP) is 3.76. The van der Waals surface area contributed by atoms with Gasteiger partial charge in [-0.1, -0.05) is 30.7 Å². The van der Waals surface area contributed by atoms with Crippen LogP contribution in [0.1, 0.15) is 33.1 Å². The number of amides is 3. The topological polar surface area (TPSA) is 81.2 Å². The molecule has 3 saturated heterocycles. The summed E-state index contributed by atoms with van der Waals surface area (Å²) in [5.74, 6) is -1.73. The van der Waals surface area contributed by atoms with Crippen molar-refractivity contribution < 1.29 is 19.5 Å². The minimum absolute atomic E-state index is 0.0967. The SMILES string of the molecule is C=CCN(C)C(=O)[C@H]1[C@H]2C(=O)N([C@@H](CC)CO)C(C(=O)N(CC=C)c3ccc(Cl)cc3)C23CC[C@]1(C)S3. The number of aliphatic hydroxyl groups excluding tert-OH is 1. The van der Waals surface area contributed by atoms with Gasteiger partial charge in [-0.25, -0.2) is 0 Å². The summed E-state index contributed by atoms with van der Waals surface area (Å²) >= 11 is 7.73. The monoisotopic (exact) mass is 545 g/mol. The van der Waals surface area contributed by atoms with Crippen molar-refractivity contribution in [3.05, 3.63) is 54.6 Å². The number of likely N-dealkylation sites (tertiary alicyclic amines) is 1. The van der Waals surface area contributed by atoms with Crippen molar-refractivity contribution in [2.75, 3.05) is 31.6 Å². The molecule has 4 rings (SSSR count). The lowest BCUT2D eigenvalue weighted by Crippen LogP contribution is -2.57. The zero-order chi connectivity index (χ0) is 27.1. The van der Waals surface area contributed by atoms with Crippen LogP contribution in [-0.4, -0.2) is 80.9 Å². The van der Waals surface area contributed by atoms with Gasteiger partial charge in [0, 0.05) is 35.6 Å². The summed E-state index contributed by atoms with van der Waals surface area (Å²) in [6, 6.07) is 5.67. The zero-order valence-corrected chi connectivity index (χ0v) is 23.3. The van der Waals surface area contributed by atoms with Gasteiger partial charge in [-0.15, -0.1) is 24.9 Å². The number of rotatable bonds is 10. The molecule has 1 aromatic carbocycles. The maximum absolute atomic E-state index is 14.5. The summed E-state index contributed by atoms with van der Waals surface area (Å²) in [7, 11) is 1.73. The van der Waals surface area contributed by atoms with Crippen LogP contribution >= 0.6 is 23.4 Å². The summed E-state index contributed by atoms with van der Waals surface area (Å²) in [6.45, 7) is 11.9. The lowest BCUT2D eigenvalue weighted by atomic mass is 9.66. The highest BCUT2D eigenvalue weighted by atomic mass is 35.5. The molecular formula is C28H36ClN3O4S. The Kier molecular flexibility index (Phi) is 7.84. The van der Waals surface area contributed by atoms with Crippen molar-refractivity contribution in [1.82, 2.24) is 9.80 Å². The second kappa shape index (κ2) is 10.5. The van der Waals surface area contributed by atoms with E-state index in [0.717, 1.165) is 6.42 Å². The lowest BCUT2D eigenvalue weighted by molar-refractivity contribution is -0.145. The summed E-state index contributed by atoms with van der Waals surface area (Å²) in [5.41, 5.74) is 0.653. The first kappa shape index (κ1) is 27.7. The van der Waals surface area contributed by atoms with Gasteiger partial charge in [0.1, 0.15) is 6.04 Å². The van der Waals surface area contributed by atoms with E-state index in [9.17, 15) is 19.5 Å². The fraction of sp³-hybridized carbons (Fsp3) is 0.536. The molecule has 7 nitrogen and oxygen atoms in total. The second-order valence-corrected chi connectivity index (χ2v) is 12.8. The van der Waals surface area contributed by atoms with E-state index >= 15 is 0 Å². The molecule has 3 amide bonds. The quantitative estimate of drug-likeness (QED) is 0.453. The molecule has 3 aliphatic heterocycles. The molecule has 3 aliphatic rings. The van der Waals surface area contributed by atoms with Gasteiger partial charge in [0.25, 0.3) is 5.91 Å². The van der Waals surface area contributed by atoms with Crippen LogP contribution in [0.2, 0.25) is 5.02 Å². The molecule has 37 heavy (non-hydrogen) atoms. The Labute approximate surface area is 228 Å². The molecule has 0 saturated carbocycles. The number of fused-ring (bicyclic) bond motifs is 1. The summed E-state index contributed by atoms with van der Waals surface area (Å²) in [5, 5.41) is 10.8. The number of thioether (sulfide) groups is 1. The Hall–Kier alpha value is -2.29. The van der Waals surface area contributed by atoms with E-state index in [1.54, 1.807) is 69.9 Å². The largest absolute Gasteiger partial charge is 0.394 e. The van der Waals surface area contributed by atoms with Crippen molar-refractivity contribution in [2.45, 2.75) is 54.7 Å². The van der Waals surface area contributed by atoms with Gasteiger partial charge in [-0.05, 0) is 50.5 Å². The van der Waals surface area contributed by atoms with Crippen molar-refractivity contribution >= 4 is 46.8 Å². The highest BCUT2D eigenvalue weighted by Crippen LogP contribution is 2.72. The Balaban J connectivity index is 1.84. The van der Waals surface area contributed by atoms with Crippen LogP contribution in [0.3, 0.4) is 0 Å². The standard InChI is InChI=1S/C28H36ClN3O4S/c1-6-15-30(5)24(34)21-22-25(35)32(19(8-3)17-33)23(28(22)14-13-27(21,4)37-28)26(36)31(16-7-2)20-11-9-18(29)10-12-20/h6-7,9-12,19,21-23,33H,1-2,8,13-17H2,3-5H3/t19-,21+,22-,23?,27-,28?/m0/s1. The number of likely N-dealkylation sites (N-methyl/N-ethyl adjacent to an activating group) is 1. The number of carbonyl (C=O) groups excluding carboxylic acids is 3. The van der Waals surface area contributed by atoms with Crippen molar-refractivity contribution in [2.24, 2.45) is 11.8 Å². The Bertz CT molecular complexity index is 1090. The summed E-state index contributed by atoms with van der Waals surface area (Å²) in [6.07, 6.45) is 5.20. The van der Waals surface area contributed by atoms with E-state index in [0.29, 0.717) is 30.1 Å². The molecule has 9 heteroatoms. The van der Waals surface area contributed by atoms with Crippen molar-refractivity contribution in [3.8, 4) is 0 Å². The van der Waals surface area contributed by atoms with E-state index in [1.807, 2.05) is 6.92 Å². The van der Waals surface area contributed by atoms with Crippen LogP contribution in [0, 0.1) is 11.8 Å². The van der Waals surface area contributed by atoms with Crippen molar-refractivity contribution in [1.29, 1.82) is 0 Å². The smallest absolute Gasteiger partial charge is 0.251 e. The Morgan fingerprint density at radius 3 is 2.43 bits per heavy atom. The van der Waals surface area contributed by atoms with Gasteiger partial charge in [-0.3, -0.25) is 14.4 Å². The number of anilines is 1. The van der Waals surface area contributed by atoms with Crippen LogP contribution in [0.25, 0.3) is 0 Å². The molecule has 3 fully saturated rings. The molecular weight excluding hydrogens is 510 g/mol. The molecule has 1 spiro atoms. The van der Waals surface area contributed by atoms with Crippen LogP contribution in [0.4, 0.5) is 5.69 Å². The third-order valence-electron chi connectivity index (χ3n) is 8.29. The highest BCUT2D eigenvalue weighted by molar-refractivity contribution is 8.02. The molecule has 3 heterocycles. The number of aliphatic hydroxyl groups is 1. The fourth-order valence-electron chi connectivity index (χ4n) is 6.57. The number of carbonyl (C=O) groups is 3. The maximum atomic E-state index is 14.5. The molecule has 0 aromatic heterocycles. The normalized spacial score (nSPS) is 30.7. The van der Waals surface area contributed by atoms with E-state index in [-0.39, 0.29) is 30.9 Å². The third-order valence-corrected chi connectivity index (χ3v) is 10.5. The van der Waals surface area contributed by atoms with E-state index in [4.69, 9.17) is 11.6 Å². The van der Waals surface area contributed by atoms with Crippen LogP contribution < -0.4 is 4.90 Å². The molecule has 0 radical (unpaired) electrons. The second-order valence-electron chi connectivity index (χ2n) is 10.4. The maximum Gasteiger partial charge on any atom is 0.251 e. The van der Waals surface area contributed by atoms with Gasteiger partial charge in [0.15, 0.2) is 0 Å². The van der Waals surface area contributed by atoms with Crippen LogP contribution in [0.15, 0.2) is 49.6 Å². The number of hydrogen-bond donors (Lipinski definition) is 1. The van der Waals surface area contributed by atoms with E-state index in [2.05, 4.69) is 20.1 Å². The molecule has 2 bridgehead atoms. The number of hydrogen-bond acceptors (Lipinski definition) is 5. The minimum Gasteiger partial charge on any atom is -0.394 e. The van der Waals surface area contributed by atoms with E-state index < -0.39 is 33.4 Å². The van der Waals surface area contributed by atoms with Gasteiger partial charge in [-0.2, -0.15) is 0 Å². The molecule has 2 unspecified atom stereocenters. The Morgan fingerprint density at radius 1 is 1.22 bits per heavy atom. The fourth-order valence-corrected chi connectivity index (χ4v) is 9.02. The molecule has 1 N–H and O–H groups in total. The number of benzene rings is 1. The van der Waals surface area contributed by atoms with Crippen molar-refractivity contribution in [3.63, 3.8) is 0 Å².